The summed E-state index contributed by atoms with van der Waals surface area (Å²) in [4.78, 5) is 5.23. The minimum atomic E-state index is 0.644. The molecule has 0 bridgehead atoms. The molecule has 0 spiro atoms. The van der Waals surface area contributed by atoms with Gasteiger partial charge in [-0.15, -0.1) is 0 Å². The third-order valence-corrected chi connectivity index (χ3v) is 5.78. The average molecular weight is 365 g/mol. The molecule has 1 heterocycles. The summed E-state index contributed by atoms with van der Waals surface area (Å²) in [6.45, 7) is 9.37. The van der Waals surface area contributed by atoms with Gasteiger partial charge in [-0.25, -0.2) is 0 Å². The summed E-state index contributed by atoms with van der Waals surface area (Å²) >= 11 is 0. The minimum Gasteiger partial charge on any atom is -0.356 e. The van der Waals surface area contributed by atoms with Gasteiger partial charge >= 0.3 is 0 Å². The zero-order chi connectivity index (χ0) is 18.9. The Morgan fingerprint density at radius 1 is 0.500 bits per heavy atom. The van der Waals surface area contributed by atoms with Gasteiger partial charge in [0, 0.05) is 25.5 Å². The molecule has 0 fully saturated rings. The van der Waals surface area contributed by atoms with Gasteiger partial charge in [0.2, 0.25) is 0 Å². The van der Waals surface area contributed by atoms with Crippen LogP contribution in [-0.2, 0) is 0 Å². The Bertz CT molecular complexity index is 326. The number of rotatable bonds is 18. The van der Waals surface area contributed by atoms with E-state index >= 15 is 0 Å². The fourth-order valence-corrected chi connectivity index (χ4v) is 4.13. The molecule has 2 nitrogen and oxygen atoms in total. The van der Waals surface area contributed by atoms with Gasteiger partial charge in [0.05, 0.1) is 0 Å². The summed E-state index contributed by atoms with van der Waals surface area (Å²) in [5.74, 6) is 0. The molecule has 0 aliphatic carbocycles. The van der Waals surface area contributed by atoms with Crippen LogP contribution >= 0.6 is 0 Å². The van der Waals surface area contributed by atoms with E-state index in [2.05, 4.69) is 43.0 Å². The largest absolute Gasteiger partial charge is 0.356 e. The molecule has 0 aromatic rings. The molecule has 154 valence electrons. The zero-order valence-corrected chi connectivity index (χ0v) is 18.4. The van der Waals surface area contributed by atoms with Crippen LogP contribution in [0.15, 0.2) is 12.4 Å². The smallest absolute Gasteiger partial charge is 0.101 e. The van der Waals surface area contributed by atoms with Crippen molar-refractivity contribution in [2.75, 3.05) is 13.1 Å². The molecule has 0 saturated heterocycles. The molecular weight excluding hydrogens is 316 g/mol. The Hall–Kier alpha value is -0.660. The number of hydrogen-bond acceptors (Lipinski definition) is 2. The normalized spacial score (nSPS) is 16.8. The first kappa shape index (κ1) is 23.4. The predicted molar refractivity (Wildman–Crippen MR) is 117 cm³/mol. The number of unbranched alkanes of at least 4 members (excludes halogenated alkanes) is 12. The number of nitrogens with zero attached hydrogens (tertiary/aromatic N) is 2. The van der Waals surface area contributed by atoms with E-state index in [1.54, 1.807) is 0 Å². The highest BCUT2D eigenvalue weighted by molar-refractivity contribution is 4.96. The highest BCUT2D eigenvalue weighted by atomic mass is 15.4. The van der Waals surface area contributed by atoms with E-state index in [1.807, 2.05) is 0 Å². The van der Waals surface area contributed by atoms with Crippen LogP contribution in [0.5, 0.6) is 0 Å². The van der Waals surface area contributed by atoms with Crippen molar-refractivity contribution in [1.82, 2.24) is 9.80 Å². The van der Waals surface area contributed by atoms with Gasteiger partial charge in [0.1, 0.15) is 6.17 Å². The summed E-state index contributed by atoms with van der Waals surface area (Å²) in [6.07, 6.45) is 27.7. The Kier molecular flexibility index (Phi) is 14.8. The van der Waals surface area contributed by atoms with Crippen LogP contribution in [0, 0.1) is 0 Å². The molecule has 1 atom stereocenters. The van der Waals surface area contributed by atoms with Gasteiger partial charge in [0.15, 0.2) is 0 Å². The predicted octanol–water partition coefficient (Wildman–Crippen LogP) is 7.70. The summed E-state index contributed by atoms with van der Waals surface area (Å²) in [7, 11) is 0. The van der Waals surface area contributed by atoms with E-state index in [1.165, 1.54) is 116 Å². The van der Waals surface area contributed by atoms with Crippen molar-refractivity contribution in [2.45, 2.75) is 130 Å². The van der Waals surface area contributed by atoms with Crippen molar-refractivity contribution in [1.29, 1.82) is 0 Å². The third-order valence-electron chi connectivity index (χ3n) is 5.78. The van der Waals surface area contributed by atoms with Crippen molar-refractivity contribution < 1.29 is 0 Å². The van der Waals surface area contributed by atoms with Gasteiger partial charge in [-0.3, -0.25) is 0 Å². The van der Waals surface area contributed by atoms with Crippen molar-refractivity contribution >= 4 is 0 Å². The highest BCUT2D eigenvalue weighted by Gasteiger charge is 2.24. The van der Waals surface area contributed by atoms with E-state index in [9.17, 15) is 0 Å². The molecule has 0 N–H and O–H groups in total. The Morgan fingerprint density at radius 3 is 1.50 bits per heavy atom. The van der Waals surface area contributed by atoms with E-state index in [0.717, 1.165) is 0 Å². The molecule has 26 heavy (non-hydrogen) atoms. The maximum absolute atomic E-state index is 2.64. The lowest BCUT2D eigenvalue weighted by Gasteiger charge is -2.33. The van der Waals surface area contributed by atoms with E-state index in [-0.39, 0.29) is 0 Å². The van der Waals surface area contributed by atoms with Gasteiger partial charge in [0.25, 0.3) is 0 Å². The van der Waals surface area contributed by atoms with Crippen molar-refractivity contribution in [3.8, 4) is 0 Å². The first-order valence-electron chi connectivity index (χ1n) is 12.0. The topological polar surface area (TPSA) is 6.48 Å². The lowest BCUT2D eigenvalue weighted by Crippen LogP contribution is -2.39. The average Bonchev–Trinajstić information content (AvgIpc) is 3.02. The van der Waals surface area contributed by atoms with Crippen molar-refractivity contribution in [3.63, 3.8) is 0 Å². The molecule has 1 rings (SSSR count). The molecule has 0 amide bonds. The second-order valence-electron chi connectivity index (χ2n) is 8.29. The van der Waals surface area contributed by atoms with Crippen LogP contribution in [-0.4, -0.2) is 29.1 Å². The lowest BCUT2D eigenvalue weighted by atomic mass is 10.1. The van der Waals surface area contributed by atoms with Crippen LogP contribution in [0.3, 0.4) is 0 Å². The van der Waals surface area contributed by atoms with E-state index < -0.39 is 0 Å². The Labute approximate surface area is 165 Å². The summed E-state index contributed by atoms with van der Waals surface area (Å²) in [5, 5.41) is 0. The first-order chi connectivity index (χ1) is 12.8. The monoisotopic (exact) mass is 364 g/mol. The second-order valence-corrected chi connectivity index (χ2v) is 8.29. The third kappa shape index (κ3) is 10.5. The standard InChI is InChI=1S/C24H48N2/c1-4-7-9-11-13-15-17-19-24-25(20-6-3)22-23-26(24)21-18-16-14-12-10-8-5-2/h22-24H,4-21H2,1-3H3. The van der Waals surface area contributed by atoms with Crippen LogP contribution in [0.25, 0.3) is 0 Å². The molecule has 0 aromatic carbocycles. The van der Waals surface area contributed by atoms with Crippen LogP contribution < -0.4 is 0 Å². The Balaban J connectivity index is 2.19. The van der Waals surface area contributed by atoms with Crippen molar-refractivity contribution in [2.24, 2.45) is 0 Å². The highest BCUT2D eigenvalue weighted by Crippen LogP contribution is 2.23. The molecule has 0 saturated carbocycles. The fourth-order valence-electron chi connectivity index (χ4n) is 4.13. The maximum atomic E-state index is 2.64. The van der Waals surface area contributed by atoms with Gasteiger partial charge < -0.3 is 9.80 Å². The quantitative estimate of drug-likeness (QED) is 0.230. The van der Waals surface area contributed by atoms with Crippen molar-refractivity contribution in [3.05, 3.63) is 12.4 Å². The van der Waals surface area contributed by atoms with Crippen LogP contribution in [0.1, 0.15) is 124 Å². The fraction of sp³-hybridized carbons (Fsp3) is 0.917. The minimum absolute atomic E-state index is 0.644. The molecule has 0 aromatic heterocycles. The van der Waals surface area contributed by atoms with E-state index in [4.69, 9.17) is 0 Å². The molecule has 1 unspecified atom stereocenters. The summed E-state index contributed by atoms with van der Waals surface area (Å²) in [6, 6.07) is 0. The van der Waals surface area contributed by atoms with E-state index in [0.29, 0.717) is 6.17 Å². The molecular formula is C24H48N2. The summed E-state index contributed by atoms with van der Waals surface area (Å²) < 4.78 is 0. The lowest BCUT2D eigenvalue weighted by molar-refractivity contribution is 0.137. The van der Waals surface area contributed by atoms with Gasteiger partial charge in [-0.1, -0.05) is 97.8 Å². The van der Waals surface area contributed by atoms with Crippen LogP contribution in [0.2, 0.25) is 0 Å². The van der Waals surface area contributed by atoms with Gasteiger partial charge in [-0.05, 0) is 25.7 Å². The molecule has 1 aliphatic heterocycles. The second kappa shape index (κ2) is 16.5. The van der Waals surface area contributed by atoms with Gasteiger partial charge in [-0.2, -0.15) is 0 Å². The SMILES string of the molecule is CCCCCCCCCC1N(CCC)C=CN1CCCCCCCCC. The summed E-state index contributed by atoms with van der Waals surface area (Å²) in [5.41, 5.74) is 0. The molecule has 2 heteroatoms. The van der Waals surface area contributed by atoms with Crippen LogP contribution in [0.4, 0.5) is 0 Å². The number of hydrogen-bond donors (Lipinski definition) is 0. The molecule has 0 radical (unpaired) electrons. The zero-order valence-electron chi connectivity index (χ0n) is 18.4. The first-order valence-corrected chi connectivity index (χ1v) is 12.0. The molecule has 1 aliphatic rings. The maximum Gasteiger partial charge on any atom is 0.101 e. The Morgan fingerprint density at radius 2 is 0.962 bits per heavy atom.